The molecule has 2 atom stereocenters. The third-order valence-corrected chi connectivity index (χ3v) is 7.65. The van der Waals surface area contributed by atoms with Crippen molar-refractivity contribution < 1.29 is 23.0 Å². The number of nitrogens with zero attached hydrogens (tertiary/aromatic N) is 3. The number of rotatable bonds is 9. The molecule has 0 bridgehead atoms. The average molecular weight is 495 g/mol. The molecule has 0 radical (unpaired) electrons. The Bertz CT molecular complexity index is 1130. The van der Waals surface area contributed by atoms with E-state index in [1.807, 2.05) is 31.2 Å². The van der Waals surface area contributed by atoms with Crippen molar-refractivity contribution in [2.45, 2.75) is 43.9 Å². The molecule has 4 heterocycles. The monoisotopic (exact) mass is 494 g/mol. The van der Waals surface area contributed by atoms with Crippen LogP contribution in [-0.4, -0.2) is 82.4 Å². The predicted molar refractivity (Wildman–Crippen MR) is 126 cm³/mol. The number of ether oxygens (including phenoxy) is 1. The highest BCUT2D eigenvalue weighted by molar-refractivity contribution is 7.13. The van der Waals surface area contributed by atoms with Crippen LogP contribution in [-0.2, 0) is 6.42 Å². The number of H-pyrrole nitrogens is 1. The van der Waals surface area contributed by atoms with E-state index in [-0.39, 0.29) is 18.8 Å². The second kappa shape index (κ2) is 9.49. The quantitative estimate of drug-likeness (QED) is 0.471. The van der Waals surface area contributed by atoms with Crippen molar-refractivity contribution in [2.24, 2.45) is 0 Å². The summed E-state index contributed by atoms with van der Waals surface area (Å²) in [5.41, 5.74) is 2.96. The van der Waals surface area contributed by atoms with Gasteiger partial charge in [0.2, 0.25) is 0 Å². The van der Waals surface area contributed by atoms with E-state index < -0.39 is 25.1 Å². The van der Waals surface area contributed by atoms with Gasteiger partial charge in [0.1, 0.15) is 23.8 Å². The van der Waals surface area contributed by atoms with E-state index in [1.165, 1.54) is 11.3 Å². The standard InChI is InChI=1S/C24H29F3N4O2S/c1-15-9-18-17-5-2-3-6-19(17)29-21(18)22(31(15)13-24(26,27)14-32)23-28-10-20(34-23)33-16-11-30(12-16)8-4-7-25/h2-3,5-6,10,15-16,22,29,32H,4,7-9,11-14H2,1H3/t15-,22+/m1/s1. The first-order valence-electron chi connectivity index (χ1n) is 11.6. The number of aromatic amines is 1. The third-order valence-electron chi connectivity index (χ3n) is 6.71. The number of hydrogen-bond donors (Lipinski definition) is 2. The van der Waals surface area contributed by atoms with Crippen LogP contribution in [0, 0.1) is 0 Å². The predicted octanol–water partition coefficient (Wildman–Crippen LogP) is 4.01. The number of fused-ring (bicyclic) bond motifs is 3. The van der Waals surface area contributed by atoms with Crippen molar-refractivity contribution in [2.75, 3.05) is 39.5 Å². The Balaban J connectivity index is 1.43. The maximum Gasteiger partial charge on any atom is 0.283 e. The van der Waals surface area contributed by atoms with Crippen molar-refractivity contribution >= 4 is 22.2 Å². The van der Waals surface area contributed by atoms with Gasteiger partial charge in [-0.2, -0.15) is 0 Å². The molecule has 2 aliphatic rings. The van der Waals surface area contributed by atoms with Gasteiger partial charge in [-0.1, -0.05) is 29.5 Å². The van der Waals surface area contributed by atoms with Crippen molar-refractivity contribution in [3.63, 3.8) is 0 Å². The lowest BCUT2D eigenvalue weighted by Crippen LogP contribution is -2.53. The molecule has 34 heavy (non-hydrogen) atoms. The Kier molecular flexibility index (Phi) is 6.58. The highest BCUT2D eigenvalue weighted by atomic mass is 32.1. The molecule has 6 nitrogen and oxygen atoms in total. The van der Waals surface area contributed by atoms with Gasteiger partial charge >= 0.3 is 0 Å². The van der Waals surface area contributed by atoms with Gasteiger partial charge in [-0.25, -0.2) is 13.8 Å². The van der Waals surface area contributed by atoms with Crippen LogP contribution in [0.25, 0.3) is 10.9 Å². The fraction of sp³-hybridized carbons (Fsp3) is 0.542. The number of aliphatic hydroxyl groups excluding tert-OH is 1. The van der Waals surface area contributed by atoms with E-state index in [0.717, 1.165) is 41.8 Å². The van der Waals surface area contributed by atoms with Crippen LogP contribution >= 0.6 is 11.3 Å². The van der Waals surface area contributed by atoms with Gasteiger partial charge in [-0.05, 0) is 31.4 Å². The van der Waals surface area contributed by atoms with E-state index in [4.69, 9.17) is 4.74 Å². The molecule has 2 N–H and O–H groups in total. The number of nitrogens with one attached hydrogen (secondary N) is 1. The summed E-state index contributed by atoms with van der Waals surface area (Å²) in [4.78, 5) is 11.9. The third kappa shape index (κ3) is 4.56. The molecule has 184 valence electrons. The smallest absolute Gasteiger partial charge is 0.283 e. The number of aliphatic hydroxyl groups is 1. The minimum atomic E-state index is -3.22. The van der Waals surface area contributed by atoms with Crippen LogP contribution < -0.4 is 4.74 Å². The fourth-order valence-corrected chi connectivity index (χ4v) is 5.98. The molecule has 0 unspecified atom stereocenters. The van der Waals surface area contributed by atoms with Crippen LogP contribution in [0.4, 0.5) is 13.2 Å². The molecule has 2 aromatic heterocycles. The van der Waals surface area contributed by atoms with Crippen molar-refractivity contribution in [3.8, 4) is 5.06 Å². The maximum absolute atomic E-state index is 14.4. The molecule has 1 saturated heterocycles. The zero-order chi connectivity index (χ0) is 23.9. The van der Waals surface area contributed by atoms with Crippen LogP contribution in [0.2, 0.25) is 0 Å². The lowest BCUT2D eigenvalue weighted by atomic mass is 9.92. The molecule has 1 fully saturated rings. The summed E-state index contributed by atoms with van der Waals surface area (Å²) in [5.74, 6) is -3.22. The number of benzene rings is 1. The summed E-state index contributed by atoms with van der Waals surface area (Å²) in [6.45, 7) is 2.07. The summed E-state index contributed by atoms with van der Waals surface area (Å²) in [7, 11) is 0. The minimum absolute atomic E-state index is 0.0247. The van der Waals surface area contributed by atoms with E-state index in [0.29, 0.717) is 22.9 Å². The van der Waals surface area contributed by atoms with Crippen LogP contribution in [0.5, 0.6) is 5.06 Å². The largest absolute Gasteiger partial charge is 0.477 e. The molecular weight excluding hydrogens is 465 g/mol. The molecule has 5 rings (SSSR count). The zero-order valence-electron chi connectivity index (χ0n) is 19.0. The second-order valence-electron chi connectivity index (χ2n) is 9.26. The molecule has 10 heteroatoms. The second-order valence-corrected chi connectivity index (χ2v) is 10.3. The summed E-state index contributed by atoms with van der Waals surface area (Å²) >= 11 is 1.37. The molecule has 3 aromatic rings. The molecule has 0 saturated carbocycles. The Hall–Kier alpha value is -2.14. The number of alkyl halides is 3. The summed E-state index contributed by atoms with van der Waals surface area (Å²) < 4.78 is 47.2. The molecule has 0 spiro atoms. The van der Waals surface area contributed by atoms with E-state index in [9.17, 15) is 18.3 Å². The van der Waals surface area contributed by atoms with E-state index in [1.54, 1.807) is 11.1 Å². The first-order chi connectivity index (χ1) is 16.4. The summed E-state index contributed by atoms with van der Waals surface area (Å²) in [6, 6.07) is 7.31. The van der Waals surface area contributed by atoms with E-state index >= 15 is 0 Å². The number of halogens is 3. The highest BCUT2D eigenvalue weighted by Crippen LogP contribution is 2.44. The van der Waals surface area contributed by atoms with Crippen molar-refractivity contribution in [1.82, 2.24) is 19.8 Å². The number of likely N-dealkylation sites (tertiary alicyclic amines) is 1. The molecule has 2 aliphatic heterocycles. The van der Waals surface area contributed by atoms with Crippen molar-refractivity contribution in [3.05, 3.63) is 46.7 Å². The van der Waals surface area contributed by atoms with Gasteiger partial charge in [-0.3, -0.25) is 14.2 Å². The summed E-state index contributed by atoms with van der Waals surface area (Å²) in [6.07, 6.45) is 2.84. The fourth-order valence-electron chi connectivity index (χ4n) is 5.02. The topological polar surface area (TPSA) is 64.6 Å². The van der Waals surface area contributed by atoms with Crippen LogP contribution in [0.3, 0.4) is 0 Å². The number of aromatic nitrogens is 2. The lowest BCUT2D eigenvalue weighted by molar-refractivity contribution is -0.0864. The normalized spacial score (nSPS) is 22.1. The first kappa shape index (κ1) is 23.6. The summed E-state index contributed by atoms with van der Waals surface area (Å²) in [5, 5.41) is 11.7. The van der Waals surface area contributed by atoms with Gasteiger partial charge in [0.15, 0.2) is 5.06 Å². The van der Waals surface area contributed by atoms with Gasteiger partial charge in [0, 0.05) is 42.3 Å². The SMILES string of the molecule is C[C@@H]1Cc2c([nH]c3ccccc23)[C@@H](c2ncc(OC3CN(CCCF)C3)s2)N1CC(F)(F)CO. The maximum atomic E-state index is 14.4. The minimum Gasteiger partial charge on any atom is -0.477 e. The Morgan fingerprint density at radius 2 is 2.09 bits per heavy atom. The molecular formula is C24H29F3N4O2S. The van der Waals surface area contributed by atoms with Gasteiger partial charge in [0.05, 0.1) is 19.4 Å². The number of para-hydroxylation sites is 1. The van der Waals surface area contributed by atoms with Gasteiger partial charge < -0.3 is 14.8 Å². The molecule has 0 amide bonds. The first-order valence-corrected chi connectivity index (χ1v) is 12.4. The Labute approximate surface area is 200 Å². The van der Waals surface area contributed by atoms with Gasteiger partial charge in [0.25, 0.3) is 5.92 Å². The average Bonchev–Trinajstić information content (AvgIpc) is 3.40. The lowest BCUT2D eigenvalue weighted by Gasteiger charge is -2.41. The van der Waals surface area contributed by atoms with Gasteiger partial charge in [-0.15, -0.1) is 0 Å². The Morgan fingerprint density at radius 1 is 1.29 bits per heavy atom. The molecule has 1 aromatic carbocycles. The number of hydrogen-bond acceptors (Lipinski definition) is 6. The van der Waals surface area contributed by atoms with Crippen molar-refractivity contribution in [1.29, 1.82) is 0 Å². The molecule has 0 aliphatic carbocycles. The highest BCUT2D eigenvalue weighted by Gasteiger charge is 2.43. The van der Waals surface area contributed by atoms with E-state index in [2.05, 4.69) is 14.9 Å². The van der Waals surface area contributed by atoms with Crippen LogP contribution in [0.15, 0.2) is 30.5 Å². The number of thiazole rings is 1. The van der Waals surface area contributed by atoms with Crippen LogP contribution in [0.1, 0.15) is 35.7 Å². The zero-order valence-corrected chi connectivity index (χ0v) is 19.8. The Morgan fingerprint density at radius 3 is 2.85 bits per heavy atom.